The van der Waals surface area contributed by atoms with Crippen molar-refractivity contribution in [3.8, 4) is 5.75 Å². The van der Waals surface area contributed by atoms with Crippen LogP contribution in [0.5, 0.6) is 5.75 Å². The van der Waals surface area contributed by atoms with Gasteiger partial charge in [-0.25, -0.2) is 4.99 Å². The maximum absolute atomic E-state index is 8.89. The molecule has 0 amide bonds. The molecule has 8 nitrogen and oxygen atoms in total. The fourth-order valence-corrected chi connectivity index (χ4v) is 1.33. The topological polar surface area (TPSA) is 145 Å². The van der Waals surface area contributed by atoms with Crippen LogP contribution in [0, 0.1) is 0 Å². The van der Waals surface area contributed by atoms with Crippen LogP contribution in [0.15, 0.2) is 39.5 Å². The zero-order valence-corrected chi connectivity index (χ0v) is 10.0. The molecule has 0 atom stereocenters. The number of amidine groups is 1. The van der Waals surface area contributed by atoms with Gasteiger partial charge >= 0.3 is 0 Å². The van der Waals surface area contributed by atoms with Crippen molar-refractivity contribution in [2.45, 2.75) is 5.85 Å². The molecule has 0 aliphatic carbocycles. The second-order valence-corrected chi connectivity index (χ2v) is 3.94. The molecule has 0 fully saturated rings. The molecule has 19 heavy (non-hydrogen) atoms. The minimum atomic E-state index is -1.61. The zero-order chi connectivity index (χ0) is 13.9. The Kier molecular flexibility index (Phi) is 3.56. The molecule has 0 saturated carbocycles. The molecule has 0 aromatic heterocycles. The first-order chi connectivity index (χ1) is 9.00. The van der Waals surface area contributed by atoms with Gasteiger partial charge < -0.3 is 15.6 Å². The predicted octanol–water partition coefficient (Wildman–Crippen LogP) is -0.942. The summed E-state index contributed by atoms with van der Waals surface area (Å²) in [7, 11) is 0. The highest BCUT2D eigenvalue weighted by Crippen LogP contribution is 2.20. The third-order valence-electron chi connectivity index (χ3n) is 2.25. The minimum absolute atomic E-state index is 0.267. The number of nitrogens with two attached hydrogens (primary N) is 3. The van der Waals surface area contributed by atoms with E-state index >= 15 is 0 Å². The molecule has 0 spiro atoms. The van der Waals surface area contributed by atoms with E-state index < -0.39 is 12.5 Å². The number of ether oxygens (including phenoxy) is 1. The Morgan fingerprint density at radius 2 is 1.95 bits per heavy atom. The quantitative estimate of drug-likeness (QED) is 0.517. The Hall–Kier alpha value is -2.29. The van der Waals surface area contributed by atoms with E-state index in [9.17, 15) is 0 Å². The number of hydrogen-bond donors (Lipinski definition) is 4. The number of rotatable bonds is 4. The molecule has 1 aromatic carbocycles. The summed E-state index contributed by atoms with van der Waals surface area (Å²) in [5, 5.41) is 16.2. The van der Waals surface area contributed by atoms with E-state index in [-0.39, 0.29) is 5.84 Å². The maximum Gasteiger partial charge on any atom is 0.236 e. The summed E-state index contributed by atoms with van der Waals surface area (Å²) >= 11 is 0. The van der Waals surface area contributed by atoms with Crippen molar-refractivity contribution in [3.05, 3.63) is 24.3 Å². The molecule has 8 heteroatoms. The Bertz CT molecular complexity index is 547. The van der Waals surface area contributed by atoms with Crippen molar-refractivity contribution in [1.82, 2.24) is 0 Å². The van der Waals surface area contributed by atoms with Gasteiger partial charge in [0.25, 0.3) is 0 Å². The van der Waals surface area contributed by atoms with Crippen molar-refractivity contribution >= 4 is 23.4 Å². The van der Waals surface area contributed by atoms with Gasteiger partial charge in [0.05, 0.1) is 11.9 Å². The van der Waals surface area contributed by atoms with E-state index in [0.717, 1.165) is 0 Å². The van der Waals surface area contributed by atoms with Crippen molar-refractivity contribution in [2.75, 3.05) is 6.61 Å². The smallest absolute Gasteiger partial charge is 0.236 e. The highest BCUT2D eigenvalue weighted by Gasteiger charge is 2.19. The third-order valence-corrected chi connectivity index (χ3v) is 2.25. The second-order valence-electron chi connectivity index (χ2n) is 3.94. The summed E-state index contributed by atoms with van der Waals surface area (Å²) in [6.07, 6.45) is 1.47. The largest absolute Gasteiger partial charge is 0.458 e. The van der Waals surface area contributed by atoms with E-state index in [2.05, 4.69) is 15.2 Å². The first-order valence-corrected chi connectivity index (χ1v) is 5.43. The molecule has 0 bridgehead atoms. The van der Waals surface area contributed by atoms with Crippen molar-refractivity contribution in [3.63, 3.8) is 0 Å². The molecule has 2 rings (SSSR count). The average Bonchev–Trinajstić information content (AvgIpc) is 2.77. The minimum Gasteiger partial charge on any atom is -0.458 e. The maximum atomic E-state index is 8.89. The number of benzene rings is 1. The number of aliphatic imine (C=N–C) groups is 1. The normalized spacial score (nSPS) is 16.8. The van der Waals surface area contributed by atoms with Crippen LogP contribution in [0.1, 0.15) is 0 Å². The summed E-state index contributed by atoms with van der Waals surface area (Å²) in [6, 6.07) is 6.64. The first-order valence-electron chi connectivity index (χ1n) is 5.43. The van der Waals surface area contributed by atoms with Gasteiger partial charge in [-0.05, 0) is 24.3 Å². The number of hydrogen-bond acceptors (Lipinski definition) is 8. The predicted molar refractivity (Wildman–Crippen MR) is 72.5 cm³/mol. The molecule has 0 unspecified atom stereocenters. The van der Waals surface area contributed by atoms with Gasteiger partial charge in [0.2, 0.25) is 5.85 Å². The summed E-state index contributed by atoms with van der Waals surface area (Å²) in [4.78, 5) is 4.24. The van der Waals surface area contributed by atoms with Gasteiger partial charge in [-0.15, -0.1) is 5.10 Å². The first kappa shape index (κ1) is 13.1. The van der Waals surface area contributed by atoms with Crippen LogP contribution in [0.2, 0.25) is 0 Å². The van der Waals surface area contributed by atoms with Crippen LogP contribution in [-0.2, 0) is 0 Å². The van der Waals surface area contributed by atoms with Gasteiger partial charge in [-0.1, -0.05) is 0 Å². The monoisotopic (exact) mass is 262 g/mol. The van der Waals surface area contributed by atoms with Gasteiger partial charge in [-0.3, -0.25) is 11.5 Å². The molecular weight excluding hydrogens is 248 g/mol. The lowest BCUT2D eigenvalue weighted by atomic mass is 10.3. The summed E-state index contributed by atoms with van der Waals surface area (Å²) in [5.74, 6) is -0.920. The lowest BCUT2D eigenvalue weighted by Crippen LogP contribution is -2.57. The van der Waals surface area contributed by atoms with Gasteiger partial charge in [0.1, 0.15) is 18.1 Å². The van der Waals surface area contributed by atoms with Crippen LogP contribution >= 0.6 is 0 Å². The van der Waals surface area contributed by atoms with Crippen LogP contribution in [0.25, 0.3) is 0 Å². The fourth-order valence-electron chi connectivity index (χ4n) is 1.33. The van der Waals surface area contributed by atoms with Crippen molar-refractivity contribution < 1.29 is 9.84 Å². The molecule has 1 aliphatic rings. The van der Waals surface area contributed by atoms with Crippen LogP contribution in [0.3, 0.4) is 0 Å². The highest BCUT2D eigenvalue weighted by molar-refractivity contribution is 6.63. The van der Waals surface area contributed by atoms with E-state index in [1.807, 2.05) is 0 Å². The Labute approximate surface area is 109 Å². The van der Waals surface area contributed by atoms with E-state index in [1.165, 1.54) is 6.21 Å². The van der Waals surface area contributed by atoms with E-state index in [1.54, 1.807) is 24.3 Å². The van der Waals surface area contributed by atoms with E-state index in [4.69, 9.17) is 27.0 Å². The number of nitrogens with zero attached hydrogens (tertiary/aromatic N) is 3. The molecule has 0 saturated heterocycles. The molecule has 7 N–H and O–H groups in total. The van der Waals surface area contributed by atoms with Crippen molar-refractivity contribution in [1.29, 1.82) is 0 Å². The average molecular weight is 262 g/mol. The highest BCUT2D eigenvalue weighted by atomic mass is 16.5. The van der Waals surface area contributed by atoms with Crippen molar-refractivity contribution in [2.24, 2.45) is 32.4 Å². The molecule has 1 aliphatic heterocycles. The van der Waals surface area contributed by atoms with Gasteiger partial charge in [0.15, 0.2) is 5.84 Å². The number of aliphatic hydroxyl groups is 1. The summed E-state index contributed by atoms with van der Waals surface area (Å²) in [5.41, 5.74) is 17.6. The third kappa shape index (κ3) is 3.35. The summed E-state index contributed by atoms with van der Waals surface area (Å²) < 4.78 is 5.18. The van der Waals surface area contributed by atoms with Crippen LogP contribution in [-0.4, -0.2) is 35.3 Å². The lowest BCUT2D eigenvalue weighted by Gasteiger charge is -2.23. The SMILES string of the molecule is NC1=NN=CC1=Nc1ccc(OC(N)(N)CO)cc1. The molecule has 1 heterocycles. The van der Waals surface area contributed by atoms with Gasteiger partial charge in [-0.2, -0.15) is 5.10 Å². The summed E-state index contributed by atoms with van der Waals surface area (Å²) in [6.45, 7) is -0.499. The number of aliphatic hydroxyl groups excluding tert-OH is 1. The van der Waals surface area contributed by atoms with Crippen LogP contribution in [0.4, 0.5) is 5.69 Å². The Morgan fingerprint density at radius 3 is 2.47 bits per heavy atom. The Morgan fingerprint density at radius 1 is 1.26 bits per heavy atom. The van der Waals surface area contributed by atoms with Gasteiger partial charge in [0, 0.05) is 0 Å². The lowest BCUT2D eigenvalue weighted by molar-refractivity contribution is 0.0198. The molecule has 1 aromatic rings. The van der Waals surface area contributed by atoms with Crippen LogP contribution < -0.4 is 21.9 Å². The molecule has 100 valence electrons. The fraction of sp³-hybridized carbons (Fsp3) is 0.182. The zero-order valence-electron chi connectivity index (χ0n) is 10.0. The standard InChI is InChI=1S/C11H14N6O2/c12-10-9(5-15-17-10)16-7-1-3-8(4-2-7)19-11(13,14)6-18/h1-5,18H,6,13-14H2,(H2,12,16,17). The molecular formula is C11H14N6O2. The molecule has 0 radical (unpaired) electrons. The Balaban J connectivity index is 2.11. The second kappa shape index (κ2) is 5.14. The van der Waals surface area contributed by atoms with E-state index in [0.29, 0.717) is 17.1 Å².